The highest BCUT2D eigenvalue weighted by atomic mass is 15.2. The number of hydrogen-bond donors (Lipinski definition) is 2. The van der Waals surface area contributed by atoms with Crippen LogP contribution in [0.25, 0.3) is 11.3 Å². The number of benzene rings is 2. The van der Waals surface area contributed by atoms with E-state index < -0.39 is 0 Å². The molecule has 1 aliphatic rings. The summed E-state index contributed by atoms with van der Waals surface area (Å²) in [5, 5.41) is 6.95. The van der Waals surface area contributed by atoms with Gasteiger partial charge < -0.3 is 10.6 Å². The summed E-state index contributed by atoms with van der Waals surface area (Å²) in [6.07, 6.45) is 2.38. The summed E-state index contributed by atoms with van der Waals surface area (Å²) in [7, 11) is 0. The van der Waals surface area contributed by atoms with Crippen LogP contribution in [0.5, 0.6) is 0 Å². The molecule has 0 unspecified atom stereocenters. The van der Waals surface area contributed by atoms with Gasteiger partial charge in [-0.25, -0.2) is 4.98 Å². The largest absolute Gasteiger partial charge is 0.351 e. The Bertz CT molecular complexity index is 907. The highest BCUT2D eigenvalue weighted by Gasteiger charge is 2.22. The van der Waals surface area contributed by atoms with Gasteiger partial charge in [0.05, 0.1) is 5.69 Å². The van der Waals surface area contributed by atoms with Crippen LogP contribution >= 0.6 is 0 Å². The molecular weight excluding hydrogens is 320 g/mol. The van der Waals surface area contributed by atoms with Crippen molar-refractivity contribution in [1.82, 2.24) is 9.97 Å². The zero-order chi connectivity index (χ0) is 18.1. The van der Waals surface area contributed by atoms with E-state index in [1.54, 1.807) is 0 Å². The minimum atomic E-state index is 0.511. The van der Waals surface area contributed by atoms with Crippen molar-refractivity contribution < 1.29 is 0 Å². The summed E-state index contributed by atoms with van der Waals surface area (Å²) in [5.74, 6) is 1.51. The SMILES string of the molecule is Cc1cc(C)c(Nc2cc(-c3ccccc3)nc(NC3CC3)n2)c(C)c1. The smallest absolute Gasteiger partial charge is 0.225 e. The summed E-state index contributed by atoms with van der Waals surface area (Å²) in [4.78, 5) is 9.43. The van der Waals surface area contributed by atoms with Crippen molar-refractivity contribution in [3.8, 4) is 11.3 Å². The van der Waals surface area contributed by atoms with Gasteiger partial charge in [0, 0.05) is 23.4 Å². The molecule has 1 saturated carbocycles. The Kier molecular flexibility index (Phi) is 4.33. The summed E-state index contributed by atoms with van der Waals surface area (Å²) in [6, 6.07) is 17.2. The fourth-order valence-corrected chi connectivity index (χ4v) is 3.25. The van der Waals surface area contributed by atoms with E-state index in [1.807, 2.05) is 24.3 Å². The third kappa shape index (κ3) is 3.69. The van der Waals surface area contributed by atoms with Crippen molar-refractivity contribution >= 4 is 17.5 Å². The predicted molar refractivity (Wildman–Crippen MR) is 108 cm³/mol. The van der Waals surface area contributed by atoms with Crippen LogP contribution in [0.1, 0.15) is 29.5 Å². The number of nitrogens with zero attached hydrogens (tertiary/aromatic N) is 2. The molecular formula is C22H24N4. The van der Waals surface area contributed by atoms with Gasteiger partial charge >= 0.3 is 0 Å². The lowest BCUT2D eigenvalue weighted by Crippen LogP contribution is -2.08. The van der Waals surface area contributed by atoms with Gasteiger partial charge in [0.2, 0.25) is 5.95 Å². The molecule has 1 aromatic heterocycles. The van der Waals surface area contributed by atoms with Crippen molar-refractivity contribution in [2.45, 2.75) is 39.7 Å². The van der Waals surface area contributed by atoms with E-state index in [-0.39, 0.29) is 0 Å². The lowest BCUT2D eigenvalue weighted by atomic mass is 10.1. The van der Waals surface area contributed by atoms with E-state index in [9.17, 15) is 0 Å². The monoisotopic (exact) mass is 344 g/mol. The zero-order valence-corrected chi connectivity index (χ0v) is 15.5. The molecule has 4 nitrogen and oxygen atoms in total. The van der Waals surface area contributed by atoms with Gasteiger partial charge in [-0.3, -0.25) is 0 Å². The molecule has 0 spiro atoms. The van der Waals surface area contributed by atoms with Gasteiger partial charge in [0.25, 0.3) is 0 Å². The Hall–Kier alpha value is -2.88. The average molecular weight is 344 g/mol. The first kappa shape index (κ1) is 16.6. The van der Waals surface area contributed by atoms with Crippen molar-refractivity contribution in [2.75, 3.05) is 10.6 Å². The molecule has 1 heterocycles. The molecule has 4 rings (SSSR count). The van der Waals surface area contributed by atoms with E-state index in [1.165, 1.54) is 29.5 Å². The molecule has 0 bridgehead atoms. The van der Waals surface area contributed by atoms with Gasteiger partial charge in [0.15, 0.2) is 0 Å². The normalized spacial score (nSPS) is 13.5. The maximum absolute atomic E-state index is 4.72. The van der Waals surface area contributed by atoms with Crippen LogP contribution in [0.2, 0.25) is 0 Å². The summed E-state index contributed by atoms with van der Waals surface area (Å²) >= 11 is 0. The Labute approximate surface area is 154 Å². The first-order valence-corrected chi connectivity index (χ1v) is 9.14. The maximum atomic E-state index is 4.72. The Morgan fingerprint density at radius 1 is 0.885 bits per heavy atom. The van der Waals surface area contributed by atoms with Crippen molar-refractivity contribution in [3.63, 3.8) is 0 Å². The Morgan fingerprint density at radius 3 is 2.23 bits per heavy atom. The molecule has 1 aliphatic carbocycles. The van der Waals surface area contributed by atoms with E-state index in [0.717, 1.165) is 22.8 Å². The van der Waals surface area contributed by atoms with Gasteiger partial charge in [-0.2, -0.15) is 4.98 Å². The molecule has 132 valence electrons. The second-order valence-corrected chi connectivity index (χ2v) is 7.15. The van der Waals surface area contributed by atoms with E-state index in [4.69, 9.17) is 9.97 Å². The molecule has 0 atom stereocenters. The summed E-state index contributed by atoms with van der Waals surface area (Å²) in [6.45, 7) is 6.38. The zero-order valence-electron chi connectivity index (χ0n) is 15.5. The number of hydrogen-bond acceptors (Lipinski definition) is 4. The molecule has 0 aliphatic heterocycles. The summed E-state index contributed by atoms with van der Waals surface area (Å²) in [5.41, 5.74) is 6.85. The molecule has 4 heteroatoms. The number of aryl methyl sites for hydroxylation is 3. The number of rotatable bonds is 5. The van der Waals surface area contributed by atoms with Crippen LogP contribution in [0.3, 0.4) is 0 Å². The van der Waals surface area contributed by atoms with Crippen LogP contribution in [0.15, 0.2) is 48.5 Å². The molecule has 0 amide bonds. The van der Waals surface area contributed by atoms with Gasteiger partial charge in [-0.05, 0) is 44.7 Å². The fourth-order valence-electron chi connectivity index (χ4n) is 3.25. The van der Waals surface area contributed by atoms with Crippen LogP contribution in [-0.4, -0.2) is 16.0 Å². The molecule has 0 saturated heterocycles. The standard InChI is InChI=1S/C22H24N4/c1-14-11-15(2)21(16(3)12-14)25-20-13-19(17-7-5-4-6-8-17)24-22(26-20)23-18-9-10-18/h4-8,11-13,18H,9-10H2,1-3H3,(H2,23,24,25,26). The second-order valence-electron chi connectivity index (χ2n) is 7.15. The predicted octanol–water partition coefficient (Wildman–Crippen LogP) is 5.39. The van der Waals surface area contributed by atoms with Gasteiger partial charge in [-0.15, -0.1) is 0 Å². The van der Waals surface area contributed by atoms with E-state index in [0.29, 0.717) is 12.0 Å². The minimum absolute atomic E-state index is 0.511. The van der Waals surface area contributed by atoms with Crippen molar-refractivity contribution in [1.29, 1.82) is 0 Å². The molecule has 2 N–H and O–H groups in total. The van der Waals surface area contributed by atoms with E-state index in [2.05, 4.69) is 55.7 Å². The third-order valence-electron chi connectivity index (χ3n) is 4.64. The lowest BCUT2D eigenvalue weighted by Gasteiger charge is -2.15. The van der Waals surface area contributed by atoms with Gasteiger partial charge in [-0.1, -0.05) is 48.0 Å². The van der Waals surface area contributed by atoms with Crippen LogP contribution in [0, 0.1) is 20.8 Å². The number of aromatic nitrogens is 2. The Balaban J connectivity index is 1.73. The molecule has 26 heavy (non-hydrogen) atoms. The third-order valence-corrected chi connectivity index (χ3v) is 4.64. The van der Waals surface area contributed by atoms with E-state index >= 15 is 0 Å². The summed E-state index contributed by atoms with van der Waals surface area (Å²) < 4.78 is 0. The molecule has 0 radical (unpaired) electrons. The quantitative estimate of drug-likeness (QED) is 0.652. The molecule has 2 aromatic carbocycles. The van der Waals surface area contributed by atoms with Crippen molar-refractivity contribution in [2.24, 2.45) is 0 Å². The average Bonchev–Trinajstić information content (AvgIpc) is 3.43. The van der Waals surface area contributed by atoms with Crippen molar-refractivity contribution in [3.05, 3.63) is 65.2 Å². The number of anilines is 3. The maximum Gasteiger partial charge on any atom is 0.225 e. The molecule has 1 fully saturated rings. The lowest BCUT2D eigenvalue weighted by molar-refractivity contribution is 1.06. The second kappa shape index (κ2) is 6.79. The number of nitrogens with one attached hydrogen (secondary N) is 2. The molecule has 3 aromatic rings. The topological polar surface area (TPSA) is 49.8 Å². The first-order valence-electron chi connectivity index (χ1n) is 9.14. The first-order chi connectivity index (χ1) is 12.6. The van der Waals surface area contributed by atoms with Crippen LogP contribution < -0.4 is 10.6 Å². The highest BCUT2D eigenvalue weighted by molar-refractivity contribution is 5.70. The Morgan fingerprint density at radius 2 is 1.58 bits per heavy atom. The fraction of sp³-hybridized carbons (Fsp3) is 0.273. The minimum Gasteiger partial charge on any atom is -0.351 e. The van der Waals surface area contributed by atoms with Gasteiger partial charge in [0.1, 0.15) is 5.82 Å². The highest BCUT2D eigenvalue weighted by Crippen LogP contribution is 2.29. The van der Waals surface area contributed by atoms with Crippen LogP contribution in [0.4, 0.5) is 17.5 Å². The van der Waals surface area contributed by atoms with Crippen LogP contribution in [-0.2, 0) is 0 Å².